The van der Waals surface area contributed by atoms with Crippen LogP contribution in [-0.2, 0) is 4.79 Å². The number of carbonyl (C=O) groups is 1. The third kappa shape index (κ3) is 4.77. The lowest BCUT2D eigenvalue weighted by molar-refractivity contribution is -0.144. The van der Waals surface area contributed by atoms with Gasteiger partial charge in [0, 0.05) is 6.54 Å². The molecule has 1 aliphatic rings. The molecule has 0 aromatic rings. The van der Waals surface area contributed by atoms with Gasteiger partial charge in [-0.3, -0.25) is 4.79 Å². The van der Waals surface area contributed by atoms with Crippen LogP contribution in [0.2, 0.25) is 0 Å². The number of aliphatic carboxylic acids is 1. The summed E-state index contributed by atoms with van der Waals surface area (Å²) in [5.74, 6) is 0.839. The summed E-state index contributed by atoms with van der Waals surface area (Å²) in [6.07, 6.45) is 2.90. The summed E-state index contributed by atoms with van der Waals surface area (Å²) >= 11 is 0. The van der Waals surface area contributed by atoms with Crippen LogP contribution < -0.4 is 5.32 Å². The smallest absolute Gasteiger partial charge is 0.323 e. The van der Waals surface area contributed by atoms with Crippen molar-refractivity contribution in [3.63, 3.8) is 0 Å². The summed E-state index contributed by atoms with van der Waals surface area (Å²) < 4.78 is 0. The Morgan fingerprint density at radius 3 is 2.63 bits per heavy atom. The van der Waals surface area contributed by atoms with E-state index in [0.29, 0.717) is 13.0 Å². The normalized spacial score (nSPS) is 28.0. The molecule has 0 amide bonds. The topological polar surface area (TPSA) is 52.6 Å². The molecule has 1 aliphatic heterocycles. The van der Waals surface area contributed by atoms with Crippen molar-refractivity contribution in [1.29, 1.82) is 0 Å². The van der Waals surface area contributed by atoms with Gasteiger partial charge in [0.25, 0.3) is 0 Å². The van der Waals surface area contributed by atoms with Gasteiger partial charge in [-0.25, -0.2) is 0 Å². The molecule has 4 nitrogen and oxygen atoms in total. The molecule has 112 valence electrons. The van der Waals surface area contributed by atoms with Crippen LogP contribution in [0.3, 0.4) is 0 Å². The average Bonchev–Trinajstić information content (AvgIpc) is 2.34. The molecular weight excluding hydrogens is 240 g/mol. The molecule has 0 spiro atoms. The van der Waals surface area contributed by atoms with Crippen molar-refractivity contribution in [2.45, 2.75) is 52.5 Å². The number of hydrogen-bond donors (Lipinski definition) is 2. The fourth-order valence-electron chi connectivity index (χ4n) is 2.87. The molecule has 0 aromatic carbocycles. The van der Waals surface area contributed by atoms with Crippen LogP contribution in [-0.4, -0.2) is 47.7 Å². The summed E-state index contributed by atoms with van der Waals surface area (Å²) in [5, 5.41) is 12.4. The van der Waals surface area contributed by atoms with Crippen LogP contribution >= 0.6 is 0 Å². The molecule has 1 rings (SSSR count). The van der Waals surface area contributed by atoms with Crippen molar-refractivity contribution in [3.8, 4) is 0 Å². The van der Waals surface area contributed by atoms with Gasteiger partial charge >= 0.3 is 5.97 Å². The molecule has 0 aliphatic carbocycles. The van der Waals surface area contributed by atoms with Gasteiger partial charge in [-0.1, -0.05) is 20.8 Å². The van der Waals surface area contributed by atoms with E-state index in [4.69, 9.17) is 0 Å². The zero-order valence-electron chi connectivity index (χ0n) is 12.9. The van der Waals surface area contributed by atoms with Crippen LogP contribution in [0, 0.1) is 11.8 Å². The van der Waals surface area contributed by atoms with Gasteiger partial charge < -0.3 is 15.3 Å². The van der Waals surface area contributed by atoms with E-state index in [1.807, 2.05) is 6.92 Å². The van der Waals surface area contributed by atoms with E-state index in [-0.39, 0.29) is 0 Å². The van der Waals surface area contributed by atoms with Crippen molar-refractivity contribution in [2.75, 3.05) is 26.2 Å². The molecule has 1 heterocycles. The van der Waals surface area contributed by atoms with Crippen LogP contribution in [0.4, 0.5) is 0 Å². The Morgan fingerprint density at radius 1 is 1.42 bits per heavy atom. The van der Waals surface area contributed by atoms with Gasteiger partial charge in [-0.2, -0.15) is 0 Å². The predicted molar refractivity (Wildman–Crippen MR) is 78.3 cm³/mol. The number of likely N-dealkylation sites (N-methyl/N-ethyl adjacent to an activating group) is 1. The number of likely N-dealkylation sites (tertiary alicyclic amines) is 1. The second-order valence-corrected chi connectivity index (χ2v) is 6.31. The monoisotopic (exact) mass is 270 g/mol. The Morgan fingerprint density at radius 2 is 2.11 bits per heavy atom. The lowest BCUT2D eigenvalue weighted by atomic mass is 9.88. The minimum absolute atomic E-state index is 0.691. The number of rotatable bonds is 7. The van der Waals surface area contributed by atoms with E-state index in [1.54, 1.807) is 6.92 Å². The lowest BCUT2D eigenvalue weighted by Gasteiger charge is -2.36. The molecule has 0 radical (unpaired) electrons. The van der Waals surface area contributed by atoms with Gasteiger partial charge in [0.15, 0.2) is 0 Å². The molecule has 3 unspecified atom stereocenters. The molecule has 0 aromatic heterocycles. The van der Waals surface area contributed by atoms with Gasteiger partial charge in [0.2, 0.25) is 0 Å². The van der Waals surface area contributed by atoms with Crippen LogP contribution in [0.5, 0.6) is 0 Å². The molecule has 19 heavy (non-hydrogen) atoms. The Balaban J connectivity index is 2.34. The van der Waals surface area contributed by atoms with Crippen LogP contribution in [0.15, 0.2) is 0 Å². The quantitative estimate of drug-likeness (QED) is 0.744. The highest BCUT2D eigenvalue weighted by Crippen LogP contribution is 2.23. The Hall–Kier alpha value is -0.610. The van der Waals surface area contributed by atoms with Gasteiger partial charge in [0.05, 0.1) is 0 Å². The largest absolute Gasteiger partial charge is 0.480 e. The Labute approximate surface area is 117 Å². The molecule has 0 saturated carbocycles. The molecule has 1 fully saturated rings. The zero-order valence-corrected chi connectivity index (χ0v) is 12.9. The maximum Gasteiger partial charge on any atom is 0.323 e. The number of piperidine rings is 1. The molecule has 1 saturated heterocycles. The van der Waals surface area contributed by atoms with E-state index >= 15 is 0 Å². The van der Waals surface area contributed by atoms with Gasteiger partial charge in [-0.05, 0) is 57.7 Å². The first kappa shape index (κ1) is 16.4. The first-order chi connectivity index (χ1) is 8.89. The number of carboxylic acids is 1. The van der Waals surface area contributed by atoms with Crippen molar-refractivity contribution in [1.82, 2.24) is 10.2 Å². The first-order valence-corrected chi connectivity index (χ1v) is 7.60. The summed E-state index contributed by atoms with van der Waals surface area (Å²) in [7, 11) is 0. The van der Waals surface area contributed by atoms with Crippen molar-refractivity contribution in [2.24, 2.45) is 11.8 Å². The van der Waals surface area contributed by atoms with Crippen LogP contribution in [0.25, 0.3) is 0 Å². The number of hydrogen-bond acceptors (Lipinski definition) is 3. The maximum absolute atomic E-state index is 11.3. The standard InChI is InChI=1S/C15H30N2O2/c1-5-16-15(4,14(18)19)8-6-9-17-10-7-12(2)13(3)11-17/h12-13,16H,5-11H2,1-4H3,(H,18,19). The Bertz CT molecular complexity index is 296. The summed E-state index contributed by atoms with van der Waals surface area (Å²) in [5.41, 5.74) is -0.774. The molecular formula is C15H30N2O2. The molecule has 3 atom stereocenters. The van der Waals surface area contributed by atoms with Crippen molar-refractivity contribution >= 4 is 5.97 Å². The maximum atomic E-state index is 11.3. The van der Waals surface area contributed by atoms with Crippen LogP contribution in [0.1, 0.15) is 47.0 Å². The van der Waals surface area contributed by atoms with E-state index < -0.39 is 11.5 Å². The highest BCUT2D eigenvalue weighted by Gasteiger charge is 2.31. The number of nitrogens with one attached hydrogen (secondary N) is 1. The Kier molecular flexibility index (Phi) is 6.27. The summed E-state index contributed by atoms with van der Waals surface area (Å²) in [6.45, 7) is 12.4. The van der Waals surface area contributed by atoms with Crippen molar-refractivity contribution in [3.05, 3.63) is 0 Å². The van der Waals surface area contributed by atoms with Crippen molar-refractivity contribution < 1.29 is 9.90 Å². The second-order valence-electron chi connectivity index (χ2n) is 6.31. The summed E-state index contributed by atoms with van der Waals surface area (Å²) in [6, 6.07) is 0. The van der Waals surface area contributed by atoms with E-state index in [2.05, 4.69) is 24.1 Å². The summed E-state index contributed by atoms with van der Waals surface area (Å²) in [4.78, 5) is 13.8. The second kappa shape index (κ2) is 7.25. The number of carboxylic acid groups (broad SMARTS) is 1. The molecule has 2 N–H and O–H groups in total. The molecule has 0 bridgehead atoms. The van der Waals surface area contributed by atoms with E-state index in [1.165, 1.54) is 6.42 Å². The van der Waals surface area contributed by atoms with E-state index in [0.717, 1.165) is 37.9 Å². The fourth-order valence-corrected chi connectivity index (χ4v) is 2.87. The fraction of sp³-hybridized carbons (Fsp3) is 0.933. The molecule has 4 heteroatoms. The lowest BCUT2D eigenvalue weighted by Crippen LogP contribution is -2.50. The van der Waals surface area contributed by atoms with E-state index in [9.17, 15) is 9.90 Å². The highest BCUT2D eigenvalue weighted by molar-refractivity contribution is 5.78. The third-order valence-electron chi connectivity index (χ3n) is 4.61. The SMILES string of the molecule is CCNC(C)(CCCN1CCC(C)C(C)C1)C(=O)O. The highest BCUT2D eigenvalue weighted by atomic mass is 16.4. The first-order valence-electron chi connectivity index (χ1n) is 7.60. The number of nitrogens with zero attached hydrogens (tertiary/aromatic N) is 1. The minimum atomic E-state index is -0.774. The zero-order chi connectivity index (χ0) is 14.5. The predicted octanol–water partition coefficient (Wildman–Crippen LogP) is 2.20. The van der Waals surface area contributed by atoms with Gasteiger partial charge in [-0.15, -0.1) is 0 Å². The average molecular weight is 270 g/mol. The minimum Gasteiger partial charge on any atom is -0.480 e. The third-order valence-corrected chi connectivity index (χ3v) is 4.61. The van der Waals surface area contributed by atoms with Gasteiger partial charge in [0.1, 0.15) is 5.54 Å².